The van der Waals surface area contributed by atoms with E-state index >= 15 is 0 Å². The van der Waals surface area contributed by atoms with Crippen LogP contribution < -0.4 is 10.6 Å². The SMILES string of the molecule is CCNC(=NCc1cc(C(C)C)no1)NCCCC1CC1.I. The molecule has 6 heteroatoms. The van der Waals surface area contributed by atoms with Gasteiger partial charge in [0.1, 0.15) is 6.54 Å². The van der Waals surface area contributed by atoms with E-state index in [9.17, 15) is 0 Å². The molecule has 1 fully saturated rings. The van der Waals surface area contributed by atoms with Gasteiger partial charge in [0.05, 0.1) is 5.69 Å². The third kappa shape index (κ3) is 6.98. The van der Waals surface area contributed by atoms with Crippen molar-refractivity contribution in [2.75, 3.05) is 13.1 Å². The van der Waals surface area contributed by atoms with E-state index in [0.717, 1.165) is 36.4 Å². The van der Waals surface area contributed by atoms with Gasteiger partial charge in [-0.05, 0) is 31.6 Å². The summed E-state index contributed by atoms with van der Waals surface area (Å²) in [5, 5.41) is 10.7. The number of halogens is 1. The summed E-state index contributed by atoms with van der Waals surface area (Å²) in [6.45, 7) is 8.66. The highest BCUT2D eigenvalue weighted by Crippen LogP contribution is 2.33. The van der Waals surface area contributed by atoms with E-state index in [1.165, 1.54) is 25.7 Å². The third-order valence-corrected chi connectivity index (χ3v) is 3.68. The number of aliphatic imine (C=N–C) groups is 1. The first-order valence-electron chi connectivity index (χ1n) is 8.16. The van der Waals surface area contributed by atoms with Crippen LogP contribution in [0.4, 0.5) is 0 Å². The van der Waals surface area contributed by atoms with Crippen LogP contribution in [0.25, 0.3) is 0 Å². The lowest BCUT2D eigenvalue weighted by atomic mass is 10.1. The van der Waals surface area contributed by atoms with Crippen molar-refractivity contribution in [3.8, 4) is 0 Å². The van der Waals surface area contributed by atoms with Gasteiger partial charge < -0.3 is 15.2 Å². The normalized spacial score (nSPS) is 14.8. The molecule has 0 radical (unpaired) electrons. The molecule has 1 aromatic heterocycles. The molecular weight excluding hydrogens is 391 g/mol. The molecule has 0 spiro atoms. The Morgan fingerprint density at radius 1 is 1.41 bits per heavy atom. The van der Waals surface area contributed by atoms with E-state index in [4.69, 9.17) is 4.52 Å². The molecule has 0 amide bonds. The molecule has 0 aliphatic heterocycles. The molecule has 22 heavy (non-hydrogen) atoms. The molecule has 0 saturated heterocycles. The quantitative estimate of drug-likeness (QED) is 0.292. The molecule has 2 N–H and O–H groups in total. The predicted octanol–water partition coefficient (Wildman–Crippen LogP) is 3.66. The van der Waals surface area contributed by atoms with Crippen LogP contribution in [-0.4, -0.2) is 24.2 Å². The van der Waals surface area contributed by atoms with Gasteiger partial charge in [-0.3, -0.25) is 0 Å². The second-order valence-corrected chi connectivity index (χ2v) is 6.08. The van der Waals surface area contributed by atoms with Crippen molar-refractivity contribution in [1.82, 2.24) is 15.8 Å². The topological polar surface area (TPSA) is 62.5 Å². The molecule has 0 bridgehead atoms. The number of hydrogen-bond donors (Lipinski definition) is 2. The number of hydrogen-bond acceptors (Lipinski definition) is 3. The Morgan fingerprint density at radius 2 is 2.18 bits per heavy atom. The van der Waals surface area contributed by atoms with E-state index < -0.39 is 0 Å². The van der Waals surface area contributed by atoms with Crippen LogP contribution >= 0.6 is 24.0 Å². The largest absolute Gasteiger partial charge is 0.359 e. The highest BCUT2D eigenvalue weighted by Gasteiger charge is 2.19. The zero-order chi connectivity index (χ0) is 15.1. The van der Waals surface area contributed by atoms with Crippen molar-refractivity contribution in [3.63, 3.8) is 0 Å². The lowest BCUT2D eigenvalue weighted by Crippen LogP contribution is -2.37. The average molecular weight is 420 g/mol. The summed E-state index contributed by atoms with van der Waals surface area (Å²) >= 11 is 0. The van der Waals surface area contributed by atoms with Gasteiger partial charge in [-0.25, -0.2) is 4.99 Å². The predicted molar refractivity (Wildman–Crippen MR) is 101 cm³/mol. The number of aromatic nitrogens is 1. The monoisotopic (exact) mass is 420 g/mol. The van der Waals surface area contributed by atoms with E-state index in [-0.39, 0.29) is 24.0 Å². The Bertz CT molecular complexity index is 455. The lowest BCUT2D eigenvalue weighted by Gasteiger charge is -2.10. The van der Waals surface area contributed by atoms with Crippen molar-refractivity contribution >= 4 is 29.9 Å². The molecule has 2 rings (SSSR count). The third-order valence-electron chi connectivity index (χ3n) is 3.68. The van der Waals surface area contributed by atoms with E-state index in [0.29, 0.717) is 12.5 Å². The Morgan fingerprint density at radius 3 is 2.77 bits per heavy atom. The molecule has 1 heterocycles. The average Bonchev–Trinajstić information content (AvgIpc) is 3.16. The standard InChI is InChI=1S/C16H28N4O.HI/c1-4-17-16(18-9-5-6-13-7-8-13)19-11-14-10-15(12(2)3)20-21-14;/h10,12-13H,4-9,11H2,1-3H3,(H2,17,18,19);1H. The highest BCUT2D eigenvalue weighted by molar-refractivity contribution is 14.0. The molecule has 0 atom stereocenters. The maximum atomic E-state index is 5.31. The first-order chi connectivity index (χ1) is 10.2. The highest BCUT2D eigenvalue weighted by atomic mass is 127. The van der Waals surface area contributed by atoms with Crippen molar-refractivity contribution in [1.29, 1.82) is 0 Å². The minimum absolute atomic E-state index is 0. The van der Waals surface area contributed by atoms with Gasteiger partial charge in [0.2, 0.25) is 0 Å². The van der Waals surface area contributed by atoms with Crippen LogP contribution in [0.3, 0.4) is 0 Å². The Labute approximate surface area is 150 Å². The van der Waals surface area contributed by atoms with E-state index in [1.807, 2.05) is 6.07 Å². The Hall–Kier alpha value is -0.790. The van der Waals surface area contributed by atoms with Gasteiger partial charge in [-0.1, -0.05) is 31.8 Å². The summed E-state index contributed by atoms with van der Waals surface area (Å²) in [5.74, 6) is 3.06. The minimum Gasteiger partial charge on any atom is -0.359 e. The maximum absolute atomic E-state index is 5.31. The van der Waals surface area contributed by atoms with Gasteiger partial charge in [-0.15, -0.1) is 24.0 Å². The second-order valence-electron chi connectivity index (χ2n) is 6.08. The molecule has 1 aliphatic carbocycles. The van der Waals surface area contributed by atoms with Crippen LogP contribution in [0, 0.1) is 5.92 Å². The molecule has 1 aliphatic rings. The Balaban J connectivity index is 0.00000242. The van der Waals surface area contributed by atoms with Gasteiger partial charge in [0.15, 0.2) is 11.7 Å². The van der Waals surface area contributed by atoms with Gasteiger partial charge in [0.25, 0.3) is 0 Å². The number of guanidine groups is 1. The molecule has 126 valence electrons. The van der Waals surface area contributed by atoms with Crippen LogP contribution in [0.5, 0.6) is 0 Å². The van der Waals surface area contributed by atoms with Crippen LogP contribution in [0.1, 0.15) is 63.8 Å². The van der Waals surface area contributed by atoms with E-state index in [2.05, 4.69) is 41.6 Å². The fourth-order valence-electron chi connectivity index (χ4n) is 2.18. The van der Waals surface area contributed by atoms with Crippen molar-refractivity contribution in [2.45, 2.75) is 58.9 Å². The molecule has 0 aromatic carbocycles. The zero-order valence-electron chi connectivity index (χ0n) is 13.9. The maximum Gasteiger partial charge on any atom is 0.191 e. The second kappa shape index (κ2) is 10.1. The summed E-state index contributed by atoms with van der Waals surface area (Å²) in [5.41, 5.74) is 0.989. The first kappa shape index (κ1) is 19.3. The van der Waals surface area contributed by atoms with Crippen molar-refractivity contribution in [3.05, 3.63) is 17.5 Å². The molecular formula is C16H29IN4O. The van der Waals surface area contributed by atoms with Gasteiger partial charge in [-0.2, -0.15) is 0 Å². The minimum atomic E-state index is 0. The lowest BCUT2D eigenvalue weighted by molar-refractivity contribution is 0.376. The van der Waals surface area contributed by atoms with Crippen molar-refractivity contribution < 1.29 is 4.52 Å². The smallest absolute Gasteiger partial charge is 0.191 e. The first-order valence-corrected chi connectivity index (χ1v) is 8.16. The molecule has 1 aromatic rings. The van der Waals surface area contributed by atoms with Crippen molar-refractivity contribution in [2.24, 2.45) is 10.9 Å². The summed E-state index contributed by atoms with van der Waals surface area (Å²) < 4.78 is 5.31. The summed E-state index contributed by atoms with van der Waals surface area (Å²) in [4.78, 5) is 4.55. The summed E-state index contributed by atoms with van der Waals surface area (Å²) in [6.07, 6.45) is 5.41. The van der Waals surface area contributed by atoms with Crippen LogP contribution in [0.2, 0.25) is 0 Å². The van der Waals surface area contributed by atoms with Gasteiger partial charge >= 0.3 is 0 Å². The zero-order valence-corrected chi connectivity index (χ0v) is 16.2. The molecule has 5 nitrogen and oxygen atoms in total. The Kier molecular flexibility index (Phi) is 8.82. The molecule has 1 saturated carbocycles. The van der Waals surface area contributed by atoms with E-state index in [1.54, 1.807) is 0 Å². The summed E-state index contributed by atoms with van der Waals surface area (Å²) in [7, 11) is 0. The number of nitrogens with one attached hydrogen (secondary N) is 2. The fraction of sp³-hybridized carbons (Fsp3) is 0.750. The van der Waals surface area contributed by atoms with Crippen LogP contribution in [0.15, 0.2) is 15.6 Å². The fourth-order valence-corrected chi connectivity index (χ4v) is 2.18. The molecule has 0 unspecified atom stereocenters. The van der Waals surface area contributed by atoms with Gasteiger partial charge in [0, 0.05) is 19.2 Å². The van der Waals surface area contributed by atoms with Crippen LogP contribution in [-0.2, 0) is 6.54 Å². The number of nitrogens with zero attached hydrogens (tertiary/aromatic N) is 2. The number of rotatable bonds is 8. The summed E-state index contributed by atoms with van der Waals surface area (Å²) in [6, 6.07) is 1.99.